The Labute approximate surface area is 92.7 Å². The van der Waals surface area contributed by atoms with Gasteiger partial charge in [-0.05, 0) is 11.6 Å². The van der Waals surface area contributed by atoms with Crippen LogP contribution in [0.15, 0.2) is 24.5 Å². The van der Waals surface area contributed by atoms with Crippen LogP contribution < -0.4 is 5.11 Å². The summed E-state index contributed by atoms with van der Waals surface area (Å²) in [7, 11) is 1.60. The Kier molecular flexibility index (Phi) is 2.60. The van der Waals surface area contributed by atoms with Crippen LogP contribution >= 0.6 is 0 Å². The van der Waals surface area contributed by atoms with Crippen molar-refractivity contribution < 1.29 is 14.7 Å². The molecule has 0 aromatic carbocycles. The first kappa shape index (κ1) is 10.6. The van der Waals surface area contributed by atoms with Gasteiger partial charge in [-0.3, -0.25) is 9.78 Å². The first-order valence-corrected chi connectivity index (χ1v) is 4.97. The third-order valence-corrected chi connectivity index (χ3v) is 2.91. The Hall–Kier alpha value is -1.91. The summed E-state index contributed by atoms with van der Waals surface area (Å²) < 4.78 is 0. The smallest absolute Gasteiger partial charge is 0.223 e. The molecule has 0 aliphatic carbocycles. The van der Waals surface area contributed by atoms with Gasteiger partial charge in [0, 0.05) is 37.7 Å². The second-order valence-electron chi connectivity index (χ2n) is 3.87. The molecule has 2 heterocycles. The first-order valence-electron chi connectivity index (χ1n) is 4.97. The van der Waals surface area contributed by atoms with Crippen molar-refractivity contribution >= 4 is 11.9 Å². The number of rotatable bonds is 2. The molecule has 0 radical (unpaired) electrons. The molecule has 16 heavy (non-hydrogen) atoms. The van der Waals surface area contributed by atoms with Crippen LogP contribution in [0.1, 0.15) is 18.0 Å². The monoisotopic (exact) mass is 219 g/mol. The summed E-state index contributed by atoms with van der Waals surface area (Å²) in [4.78, 5) is 27.8. The number of aromatic nitrogens is 1. The number of hydrogen-bond donors (Lipinski definition) is 0. The molecular weight excluding hydrogens is 208 g/mol. The van der Waals surface area contributed by atoms with Gasteiger partial charge in [0.25, 0.3) is 0 Å². The molecule has 0 spiro atoms. The maximum absolute atomic E-state index is 11.5. The molecule has 0 saturated carbocycles. The van der Waals surface area contributed by atoms with Gasteiger partial charge in [0.15, 0.2) is 0 Å². The predicted octanol–water partition coefficient (Wildman–Crippen LogP) is -0.649. The molecule has 84 valence electrons. The van der Waals surface area contributed by atoms with Gasteiger partial charge in [-0.2, -0.15) is 0 Å². The lowest BCUT2D eigenvalue weighted by atomic mass is 9.95. The summed E-state index contributed by atoms with van der Waals surface area (Å²) in [6, 6.07) is 3.02. The molecule has 0 N–H and O–H groups in total. The zero-order valence-corrected chi connectivity index (χ0v) is 8.79. The van der Waals surface area contributed by atoms with Crippen molar-refractivity contribution in [1.29, 1.82) is 0 Å². The molecule has 2 rings (SSSR count). The van der Waals surface area contributed by atoms with E-state index in [4.69, 9.17) is 0 Å². The molecular formula is C11H11N2O3-. The van der Waals surface area contributed by atoms with E-state index in [-0.39, 0.29) is 12.3 Å². The zero-order valence-electron chi connectivity index (χ0n) is 8.79. The van der Waals surface area contributed by atoms with E-state index >= 15 is 0 Å². The topological polar surface area (TPSA) is 73.3 Å². The number of hydrogen-bond acceptors (Lipinski definition) is 4. The maximum atomic E-state index is 11.5. The minimum Gasteiger partial charge on any atom is -0.550 e. The van der Waals surface area contributed by atoms with Crippen molar-refractivity contribution in [3.05, 3.63) is 30.1 Å². The van der Waals surface area contributed by atoms with Crippen molar-refractivity contribution in [1.82, 2.24) is 9.88 Å². The molecule has 1 aliphatic rings. The molecule has 1 fully saturated rings. The number of amides is 1. The summed E-state index contributed by atoms with van der Waals surface area (Å²) in [6.45, 7) is 0. The van der Waals surface area contributed by atoms with Crippen molar-refractivity contribution in [2.24, 2.45) is 5.92 Å². The van der Waals surface area contributed by atoms with Crippen molar-refractivity contribution in [2.45, 2.75) is 12.5 Å². The molecule has 0 bridgehead atoms. The van der Waals surface area contributed by atoms with Crippen LogP contribution in [0.2, 0.25) is 0 Å². The first-order chi connectivity index (χ1) is 7.61. The van der Waals surface area contributed by atoms with Crippen LogP contribution in [0.5, 0.6) is 0 Å². The standard InChI is InChI=1S/C11H12N2O3/c1-13-9(14)5-8(11(15)16)10(13)7-3-2-4-12-6-7/h2-4,6,8,10H,5H2,1H3,(H,15,16)/p-1/t8-,10+/m0/s1. The highest BCUT2D eigenvalue weighted by molar-refractivity contribution is 5.86. The van der Waals surface area contributed by atoms with Gasteiger partial charge in [-0.15, -0.1) is 0 Å². The quantitative estimate of drug-likeness (QED) is 0.662. The number of carbonyl (C=O) groups excluding carboxylic acids is 2. The highest BCUT2D eigenvalue weighted by Crippen LogP contribution is 2.35. The van der Waals surface area contributed by atoms with E-state index < -0.39 is 17.9 Å². The van der Waals surface area contributed by atoms with E-state index in [1.807, 2.05) is 0 Å². The van der Waals surface area contributed by atoms with Crippen LogP contribution in [-0.4, -0.2) is 28.8 Å². The van der Waals surface area contributed by atoms with Gasteiger partial charge in [0.05, 0.1) is 6.04 Å². The van der Waals surface area contributed by atoms with Crippen molar-refractivity contribution in [3.8, 4) is 0 Å². The highest BCUT2D eigenvalue weighted by Gasteiger charge is 2.39. The number of carbonyl (C=O) groups is 2. The van der Waals surface area contributed by atoms with Crippen LogP contribution in [0.25, 0.3) is 0 Å². The molecule has 5 heteroatoms. The van der Waals surface area contributed by atoms with Crippen molar-refractivity contribution in [3.63, 3.8) is 0 Å². The van der Waals surface area contributed by atoms with Crippen LogP contribution in [0.4, 0.5) is 0 Å². The molecule has 1 amide bonds. The predicted molar refractivity (Wildman–Crippen MR) is 52.9 cm³/mol. The van der Waals surface area contributed by atoms with E-state index in [2.05, 4.69) is 4.98 Å². The van der Waals surface area contributed by atoms with Crippen LogP contribution in [0.3, 0.4) is 0 Å². The lowest BCUT2D eigenvalue weighted by Gasteiger charge is -2.25. The zero-order chi connectivity index (χ0) is 11.7. The Bertz CT molecular complexity index is 418. The fourth-order valence-corrected chi connectivity index (χ4v) is 2.09. The average molecular weight is 219 g/mol. The molecule has 5 nitrogen and oxygen atoms in total. The van der Waals surface area contributed by atoms with Gasteiger partial charge in [0.1, 0.15) is 0 Å². The Balaban J connectivity index is 2.37. The van der Waals surface area contributed by atoms with Gasteiger partial charge >= 0.3 is 0 Å². The van der Waals surface area contributed by atoms with Crippen LogP contribution in [0, 0.1) is 5.92 Å². The summed E-state index contributed by atoms with van der Waals surface area (Å²) in [5.74, 6) is -2.16. The summed E-state index contributed by atoms with van der Waals surface area (Å²) in [5, 5.41) is 11.0. The molecule has 1 aliphatic heterocycles. The van der Waals surface area contributed by atoms with Crippen molar-refractivity contribution in [2.75, 3.05) is 7.05 Å². The fraction of sp³-hybridized carbons (Fsp3) is 0.364. The SMILES string of the molecule is CN1C(=O)C[C@H](C(=O)[O-])[C@H]1c1cccnc1. The number of nitrogens with zero attached hydrogens (tertiary/aromatic N) is 2. The normalized spacial score (nSPS) is 24.8. The number of aliphatic carboxylic acids is 1. The van der Waals surface area contributed by atoms with E-state index in [9.17, 15) is 14.7 Å². The lowest BCUT2D eigenvalue weighted by molar-refractivity contribution is -0.312. The Morgan fingerprint density at radius 2 is 2.38 bits per heavy atom. The third kappa shape index (κ3) is 1.64. The molecule has 1 aromatic rings. The average Bonchev–Trinajstić information content (AvgIpc) is 2.57. The third-order valence-electron chi connectivity index (χ3n) is 2.91. The fourth-order valence-electron chi connectivity index (χ4n) is 2.09. The Morgan fingerprint density at radius 1 is 1.62 bits per heavy atom. The lowest BCUT2D eigenvalue weighted by Crippen LogP contribution is -2.35. The molecule has 0 unspecified atom stereocenters. The number of carboxylic acid groups (broad SMARTS) is 1. The molecule has 2 atom stereocenters. The number of pyridine rings is 1. The van der Waals surface area contributed by atoms with Gasteiger partial charge < -0.3 is 14.8 Å². The molecule has 1 saturated heterocycles. The van der Waals surface area contributed by atoms with Gasteiger partial charge in [-0.1, -0.05) is 6.07 Å². The second-order valence-corrected chi connectivity index (χ2v) is 3.87. The van der Waals surface area contributed by atoms with Crippen LogP contribution in [-0.2, 0) is 9.59 Å². The molecule has 1 aromatic heterocycles. The summed E-state index contributed by atoms with van der Waals surface area (Å²) in [6.07, 6.45) is 3.18. The van der Waals surface area contributed by atoms with Gasteiger partial charge in [0.2, 0.25) is 5.91 Å². The largest absolute Gasteiger partial charge is 0.550 e. The van der Waals surface area contributed by atoms with E-state index in [0.29, 0.717) is 0 Å². The van der Waals surface area contributed by atoms with E-state index in [1.165, 1.54) is 4.90 Å². The highest BCUT2D eigenvalue weighted by atomic mass is 16.4. The minimum absolute atomic E-state index is 0.00159. The summed E-state index contributed by atoms with van der Waals surface area (Å²) in [5.41, 5.74) is 0.727. The summed E-state index contributed by atoms with van der Waals surface area (Å²) >= 11 is 0. The number of carboxylic acids is 1. The van der Waals surface area contributed by atoms with E-state index in [0.717, 1.165) is 5.56 Å². The van der Waals surface area contributed by atoms with Gasteiger partial charge in [-0.25, -0.2) is 0 Å². The minimum atomic E-state index is -1.19. The number of likely N-dealkylation sites (tertiary alicyclic amines) is 1. The second kappa shape index (κ2) is 3.92. The Morgan fingerprint density at radius 3 is 2.94 bits per heavy atom. The maximum Gasteiger partial charge on any atom is 0.223 e. The van der Waals surface area contributed by atoms with E-state index in [1.54, 1.807) is 31.6 Å².